The highest BCUT2D eigenvalue weighted by atomic mass is 16.6. The van der Waals surface area contributed by atoms with Gasteiger partial charge in [-0.2, -0.15) is 0 Å². The molecule has 0 aliphatic carbocycles. The van der Waals surface area contributed by atoms with Crippen LogP contribution in [0.15, 0.2) is 36.5 Å². The van der Waals surface area contributed by atoms with Gasteiger partial charge in [0.15, 0.2) is 0 Å². The summed E-state index contributed by atoms with van der Waals surface area (Å²) in [4.78, 5) is 28.3. The zero-order valence-corrected chi connectivity index (χ0v) is 13.0. The van der Waals surface area contributed by atoms with E-state index in [1.807, 2.05) is 24.3 Å². The van der Waals surface area contributed by atoms with Crippen molar-refractivity contribution in [1.82, 2.24) is 9.55 Å². The van der Waals surface area contributed by atoms with Crippen molar-refractivity contribution in [3.63, 3.8) is 0 Å². The lowest BCUT2D eigenvalue weighted by Gasteiger charge is -2.21. The largest absolute Gasteiger partial charge is 0.477 e. The highest BCUT2D eigenvalue weighted by molar-refractivity contribution is 6.01. The Morgan fingerprint density at radius 1 is 1.22 bits per heavy atom. The van der Waals surface area contributed by atoms with E-state index in [4.69, 9.17) is 4.74 Å². The Morgan fingerprint density at radius 3 is 2.57 bits per heavy atom. The van der Waals surface area contributed by atoms with Crippen LogP contribution < -0.4 is 0 Å². The predicted octanol–water partition coefficient (Wildman–Crippen LogP) is 3.62. The van der Waals surface area contributed by atoms with Crippen molar-refractivity contribution in [3.8, 4) is 11.3 Å². The van der Waals surface area contributed by atoms with Crippen LogP contribution in [-0.2, 0) is 4.74 Å². The van der Waals surface area contributed by atoms with E-state index in [-0.39, 0.29) is 5.69 Å². The minimum atomic E-state index is -1.21. The van der Waals surface area contributed by atoms with Crippen LogP contribution in [0.1, 0.15) is 31.3 Å². The van der Waals surface area contributed by atoms with Crippen LogP contribution in [0.5, 0.6) is 0 Å². The first-order valence-corrected chi connectivity index (χ1v) is 7.14. The number of aromatic carboxylic acids is 1. The molecule has 0 unspecified atom stereocenters. The smallest absolute Gasteiger partial charge is 0.419 e. The molecule has 0 radical (unpaired) electrons. The number of nitrogens with zero attached hydrogens (tertiary/aromatic N) is 2. The molecule has 0 aromatic heterocycles. The van der Waals surface area contributed by atoms with Crippen LogP contribution in [0.25, 0.3) is 22.2 Å². The molecule has 1 N–H and O–H groups in total. The zero-order valence-electron chi connectivity index (χ0n) is 13.0. The molecule has 1 aromatic rings. The van der Waals surface area contributed by atoms with Crippen LogP contribution in [0, 0.1) is 0 Å². The van der Waals surface area contributed by atoms with Gasteiger partial charge in [-0.25, -0.2) is 19.1 Å². The number of carbonyl (C=O) groups excluding carboxylic acids is 1. The Hall–Kier alpha value is -2.89. The first-order valence-electron chi connectivity index (χ1n) is 7.14. The summed E-state index contributed by atoms with van der Waals surface area (Å²) in [5.41, 5.74) is 1.10. The number of benzene rings is 1. The van der Waals surface area contributed by atoms with E-state index in [0.717, 1.165) is 15.5 Å². The maximum absolute atomic E-state index is 12.3. The summed E-state index contributed by atoms with van der Waals surface area (Å²) < 4.78 is 6.26. The van der Waals surface area contributed by atoms with Gasteiger partial charge in [0.1, 0.15) is 11.3 Å². The van der Waals surface area contributed by atoms with E-state index in [1.54, 1.807) is 20.8 Å². The number of carboxylic acids is 1. The van der Waals surface area contributed by atoms with Gasteiger partial charge in [0.25, 0.3) is 0 Å². The topological polar surface area (TPSA) is 81.4 Å². The number of aromatic nitrogens is 2. The van der Waals surface area contributed by atoms with E-state index < -0.39 is 17.7 Å². The van der Waals surface area contributed by atoms with Crippen LogP contribution in [0.4, 0.5) is 4.79 Å². The number of hydrogen-bond acceptors (Lipinski definition) is 4. The van der Waals surface area contributed by atoms with Gasteiger partial charge < -0.3 is 9.84 Å². The minimum Gasteiger partial charge on any atom is -0.477 e. The predicted molar refractivity (Wildman–Crippen MR) is 84.9 cm³/mol. The van der Waals surface area contributed by atoms with Gasteiger partial charge in [-0.1, -0.05) is 18.2 Å². The number of hydrogen-bond donors (Lipinski definition) is 1. The van der Waals surface area contributed by atoms with Gasteiger partial charge in [0.05, 0.1) is 11.2 Å². The highest BCUT2D eigenvalue weighted by Gasteiger charge is 2.24. The van der Waals surface area contributed by atoms with Gasteiger partial charge in [-0.3, -0.25) is 0 Å². The third-order valence-electron chi connectivity index (χ3n) is 3.31. The maximum atomic E-state index is 12.3. The summed E-state index contributed by atoms with van der Waals surface area (Å²) >= 11 is 0. The molecular formula is C17H16N2O4. The fourth-order valence-electron chi connectivity index (χ4n) is 2.40. The summed E-state index contributed by atoms with van der Waals surface area (Å²) in [7, 11) is 0. The molecule has 6 heteroatoms. The molecular weight excluding hydrogens is 296 g/mol. The molecule has 6 nitrogen and oxygen atoms in total. The van der Waals surface area contributed by atoms with Crippen molar-refractivity contribution in [1.29, 1.82) is 0 Å². The van der Waals surface area contributed by atoms with Crippen LogP contribution in [-0.4, -0.2) is 32.3 Å². The van der Waals surface area contributed by atoms with E-state index in [1.165, 1.54) is 12.3 Å². The highest BCUT2D eigenvalue weighted by Crippen LogP contribution is 2.32. The van der Waals surface area contributed by atoms with Crippen LogP contribution in [0.2, 0.25) is 0 Å². The molecule has 0 amide bonds. The number of ether oxygens (including phenoxy) is 1. The Labute approximate surface area is 132 Å². The first kappa shape index (κ1) is 15.0. The molecule has 3 rings (SSSR count). The first-order chi connectivity index (χ1) is 10.8. The molecule has 2 heterocycles. The van der Waals surface area contributed by atoms with Gasteiger partial charge >= 0.3 is 12.1 Å². The quantitative estimate of drug-likeness (QED) is 0.742. The molecule has 0 atom stereocenters. The fourth-order valence-corrected chi connectivity index (χ4v) is 2.40. The summed E-state index contributed by atoms with van der Waals surface area (Å²) in [5.74, 6) is -1.21. The summed E-state index contributed by atoms with van der Waals surface area (Å²) in [6.07, 6.45) is 0.663. The summed E-state index contributed by atoms with van der Waals surface area (Å²) in [6.45, 7) is 5.17. The average Bonchev–Trinajstić information content (AvgIpc) is 2.81. The third-order valence-corrected chi connectivity index (χ3v) is 3.31. The fraction of sp³-hybridized carbons (Fsp3) is 0.235. The second kappa shape index (κ2) is 5.08. The SMILES string of the molecule is CC(C)(C)OC(=O)n1cc2nc3ccccc3c-2cc1C(=O)O. The van der Waals surface area contributed by atoms with Crippen molar-refractivity contribution >= 4 is 23.0 Å². The number of para-hydroxylation sites is 1. The Morgan fingerprint density at radius 2 is 1.91 bits per heavy atom. The Balaban J connectivity index is 2.23. The number of carboxylic acid groups (broad SMARTS) is 1. The molecule has 0 saturated heterocycles. The molecule has 0 saturated carbocycles. The molecule has 2 aliphatic heterocycles. The molecule has 1 aromatic carbocycles. The molecule has 2 aliphatic rings. The second-order valence-corrected chi connectivity index (χ2v) is 6.24. The van der Waals surface area contributed by atoms with Crippen molar-refractivity contribution < 1.29 is 19.4 Å². The van der Waals surface area contributed by atoms with E-state index in [0.29, 0.717) is 11.3 Å². The Bertz CT molecular complexity index is 889. The van der Waals surface area contributed by atoms with Crippen LogP contribution >= 0.6 is 0 Å². The van der Waals surface area contributed by atoms with Crippen LogP contribution in [0.3, 0.4) is 0 Å². The third kappa shape index (κ3) is 2.75. The van der Waals surface area contributed by atoms with E-state index in [9.17, 15) is 14.7 Å². The van der Waals surface area contributed by atoms with E-state index >= 15 is 0 Å². The van der Waals surface area contributed by atoms with Gasteiger partial charge in [-0.05, 0) is 32.9 Å². The lowest BCUT2D eigenvalue weighted by molar-refractivity contribution is 0.0503. The number of fused-ring (bicyclic) bond motifs is 3. The summed E-state index contributed by atoms with van der Waals surface area (Å²) in [6, 6.07) is 8.88. The standard InChI is InChI=1S/C17H16N2O4/c1-17(2,3)23-16(22)19-9-13-11(8-14(19)15(20)21)10-6-4-5-7-12(10)18-13/h4-9H,1-3H3,(H,20,21). The molecule has 0 fully saturated rings. The zero-order chi connectivity index (χ0) is 16.8. The van der Waals surface area contributed by atoms with Crippen molar-refractivity contribution in [2.45, 2.75) is 26.4 Å². The molecule has 0 spiro atoms. The summed E-state index contributed by atoms with van der Waals surface area (Å²) in [5, 5.41) is 10.3. The van der Waals surface area contributed by atoms with Gasteiger partial charge in [0, 0.05) is 17.1 Å². The van der Waals surface area contributed by atoms with Gasteiger partial charge in [0.2, 0.25) is 0 Å². The van der Waals surface area contributed by atoms with Crippen molar-refractivity contribution in [2.24, 2.45) is 0 Å². The average molecular weight is 312 g/mol. The number of carbonyl (C=O) groups is 2. The molecule has 118 valence electrons. The van der Waals surface area contributed by atoms with Crippen molar-refractivity contribution in [3.05, 3.63) is 42.2 Å². The number of pyridine rings is 1. The second-order valence-electron chi connectivity index (χ2n) is 6.24. The lowest BCUT2D eigenvalue weighted by Crippen LogP contribution is -2.29. The monoisotopic (exact) mass is 312 g/mol. The minimum absolute atomic E-state index is 0.162. The van der Waals surface area contributed by atoms with E-state index in [2.05, 4.69) is 4.98 Å². The molecule has 0 bridgehead atoms. The number of rotatable bonds is 1. The van der Waals surface area contributed by atoms with Gasteiger partial charge in [-0.15, -0.1) is 0 Å². The maximum Gasteiger partial charge on any atom is 0.419 e. The molecule has 23 heavy (non-hydrogen) atoms. The normalized spacial score (nSPS) is 11.8. The lowest BCUT2D eigenvalue weighted by atomic mass is 10.1. The Kier molecular flexibility index (Phi) is 3.32. The van der Waals surface area contributed by atoms with Crippen molar-refractivity contribution in [2.75, 3.05) is 0 Å².